The van der Waals surface area contributed by atoms with Gasteiger partial charge < -0.3 is 14.2 Å². The number of hydrogen-bond donors (Lipinski definition) is 0. The number of likely N-dealkylation sites (tertiary alicyclic amines) is 1. The molecule has 1 saturated heterocycles. The Morgan fingerprint density at radius 3 is 3.00 bits per heavy atom. The third kappa shape index (κ3) is 4.05. The van der Waals surface area contributed by atoms with Gasteiger partial charge in [0.05, 0.1) is 17.6 Å². The number of halogens is 1. The van der Waals surface area contributed by atoms with Gasteiger partial charge in [0.2, 0.25) is 5.91 Å². The number of nitrogens with zero attached hydrogens (tertiary/aromatic N) is 3. The summed E-state index contributed by atoms with van der Waals surface area (Å²) < 4.78 is 7.40. The zero-order chi connectivity index (χ0) is 16.9. The highest BCUT2D eigenvalue weighted by Gasteiger charge is 2.19. The van der Waals surface area contributed by atoms with Crippen LogP contribution >= 0.6 is 23.4 Å². The Labute approximate surface area is 151 Å². The second kappa shape index (κ2) is 8.23. The van der Waals surface area contributed by atoms with Gasteiger partial charge in [0.25, 0.3) is 0 Å². The van der Waals surface area contributed by atoms with E-state index in [9.17, 15) is 4.79 Å². The summed E-state index contributed by atoms with van der Waals surface area (Å²) in [6, 6.07) is 5.79. The Bertz CT molecular complexity index is 719. The molecule has 1 aromatic heterocycles. The molecule has 0 radical (unpaired) electrons. The summed E-state index contributed by atoms with van der Waals surface area (Å²) >= 11 is 7.81. The third-order valence-corrected chi connectivity index (χ3v) is 5.47. The van der Waals surface area contributed by atoms with Crippen molar-refractivity contribution in [1.82, 2.24) is 14.5 Å². The first-order valence-corrected chi connectivity index (χ1v) is 9.60. The Balaban J connectivity index is 1.65. The smallest absolute Gasteiger partial charge is 0.222 e. The van der Waals surface area contributed by atoms with Crippen LogP contribution < -0.4 is 0 Å². The number of aromatic nitrogens is 2. The molecule has 130 valence electrons. The molecule has 1 aromatic carbocycles. The lowest BCUT2D eigenvalue weighted by molar-refractivity contribution is -0.127. The third-order valence-electron chi connectivity index (χ3n) is 4.17. The van der Waals surface area contributed by atoms with E-state index in [-0.39, 0.29) is 0 Å². The molecule has 0 aliphatic carbocycles. The highest BCUT2D eigenvalue weighted by atomic mass is 35.5. The van der Waals surface area contributed by atoms with Crippen LogP contribution in [-0.4, -0.2) is 52.9 Å². The summed E-state index contributed by atoms with van der Waals surface area (Å²) in [5, 5.41) is 1.68. The maximum atomic E-state index is 11.6. The SMILES string of the molecule is COCCn1c(SCCCN2CCCC2=O)nc2cc(Cl)ccc21. The van der Waals surface area contributed by atoms with Crippen LogP contribution in [0.25, 0.3) is 11.0 Å². The highest BCUT2D eigenvalue weighted by molar-refractivity contribution is 7.99. The average Bonchev–Trinajstić information content (AvgIpc) is 3.12. The molecular formula is C17H22ClN3O2S. The molecule has 0 N–H and O–H groups in total. The number of thioether (sulfide) groups is 1. The van der Waals surface area contributed by atoms with E-state index in [1.54, 1.807) is 18.9 Å². The lowest BCUT2D eigenvalue weighted by atomic mass is 10.3. The molecule has 5 nitrogen and oxygen atoms in total. The highest BCUT2D eigenvalue weighted by Crippen LogP contribution is 2.27. The molecule has 7 heteroatoms. The van der Waals surface area contributed by atoms with Crippen molar-refractivity contribution in [1.29, 1.82) is 0 Å². The monoisotopic (exact) mass is 367 g/mol. The predicted molar refractivity (Wildman–Crippen MR) is 97.8 cm³/mol. The van der Waals surface area contributed by atoms with E-state index in [1.165, 1.54) is 0 Å². The van der Waals surface area contributed by atoms with E-state index in [2.05, 4.69) is 4.57 Å². The van der Waals surface area contributed by atoms with Gasteiger partial charge in [-0.1, -0.05) is 23.4 Å². The second-order valence-corrected chi connectivity index (χ2v) is 7.36. The zero-order valence-electron chi connectivity index (χ0n) is 13.8. The predicted octanol–water partition coefficient (Wildman–Crippen LogP) is 3.44. The summed E-state index contributed by atoms with van der Waals surface area (Å²) in [7, 11) is 1.70. The molecule has 2 aromatic rings. The quantitative estimate of drug-likeness (QED) is 0.529. The van der Waals surface area contributed by atoms with Crippen LogP contribution in [0.3, 0.4) is 0 Å². The van der Waals surface area contributed by atoms with Crippen LogP contribution in [0.1, 0.15) is 19.3 Å². The topological polar surface area (TPSA) is 47.4 Å². The fourth-order valence-electron chi connectivity index (χ4n) is 2.95. The molecule has 3 rings (SSSR count). The van der Waals surface area contributed by atoms with Gasteiger partial charge in [-0.05, 0) is 31.0 Å². The second-order valence-electron chi connectivity index (χ2n) is 5.86. The molecule has 2 heterocycles. The van der Waals surface area contributed by atoms with Gasteiger partial charge in [-0.2, -0.15) is 0 Å². The van der Waals surface area contributed by atoms with Gasteiger partial charge in [0.15, 0.2) is 5.16 Å². The number of carbonyl (C=O) groups is 1. The normalized spacial score (nSPS) is 14.9. The summed E-state index contributed by atoms with van der Waals surface area (Å²) in [6.07, 6.45) is 2.69. The van der Waals surface area contributed by atoms with Gasteiger partial charge in [0.1, 0.15) is 0 Å². The number of fused-ring (bicyclic) bond motifs is 1. The molecule has 0 unspecified atom stereocenters. The van der Waals surface area contributed by atoms with Gasteiger partial charge in [-0.15, -0.1) is 0 Å². The molecular weight excluding hydrogens is 346 g/mol. The van der Waals surface area contributed by atoms with E-state index in [0.29, 0.717) is 24.0 Å². The first-order chi connectivity index (χ1) is 11.7. The van der Waals surface area contributed by atoms with Gasteiger partial charge in [-0.3, -0.25) is 4.79 Å². The van der Waals surface area contributed by atoms with Gasteiger partial charge in [-0.25, -0.2) is 4.98 Å². The largest absolute Gasteiger partial charge is 0.383 e. The van der Waals surface area contributed by atoms with Crippen molar-refractivity contribution >= 4 is 40.3 Å². The number of benzene rings is 1. The zero-order valence-corrected chi connectivity index (χ0v) is 15.4. The fourth-order valence-corrected chi connectivity index (χ4v) is 4.08. The molecule has 1 aliphatic heterocycles. The Kier molecular flexibility index (Phi) is 6.03. The van der Waals surface area contributed by atoms with Gasteiger partial charge in [0, 0.05) is 43.9 Å². The number of hydrogen-bond acceptors (Lipinski definition) is 4. The average molecular weight is 368 g/mol. The molecule has 1 fully saturated rings. The number of imidazole rings is 1. The number of amides is 1. The Morgan fingerprint density at radius 1 is 1.38 bits per heavy atom. The van der Waals surface area contributed by atoms with Crippen molar-refractivity contribution in [3.05, 3.63) is 23.2 Å². The van der Waals surface area contributed by atoms with E-state index < -0.39 is 0 Å². The molecule has 24 heavy (non-hydrogen) atoms. The molecule has 0 saturated carbocycles. The van der Waals surface area contributed by atoms with Crippen molar-refractivity contribution in [2.45, 2.75) is 31.0 Å². The number of rotatable bonds is 8. The van der Waals surface area contributed by atoms with Crippen LogP contribution in [0, 0.1) is 0 Å². The first-order valence-electron chi connectivity index (χ1n) is 8.24. The fraction of sp³-hybridized carbons (Fsp3) is 0.529. The number of ether oxygens (including phenoxy) is 1. The number of carbonyl (C=O) groups excluding carboxylic acids is 1. The summed E-state index contributed by atoms with van der Waals surface area (Å²) in [5.74, 6) is 1.23. The summed E-state index contributed by atoms with van der Waals surface area (Å²) in [5.41, 5.74) is 1.99. The minimum Gasteiger partial charge on any atom is -0.383 e. The van der Waals surface area contributed by atoms with E-state index >= 15 is 0 Å². The molecule has 1 amide bonds. The molecule has 0 spiro atoms. The van der Waals surface area contributed by atoms with Crippen LogP contribution in [0.4, 0.5) is 0 Å². The van der Waals surface area contributed by atoms with Crippen molar-refractivity contribution in [3.63, 3.8) is 0 Å². The maximum Gasteiger partial charge on any atom is 0.222 e. The standard InChI is InChI=1S/C17H22ClN3O2S/c1-23-10-9-21-15-6-5-13(18)12-14(15)19-17(21)24-11-3-8-20-7-2-4-16(20)22/h5-6,12H,2-4,7-11H2,1H3. The van der Waals surface area contributed by atoms with Crippen molar-refractivity contribution in [3.8, 4) is 0 Å². The number of methoxy groups -OCH3 is 1. The lowest BCUT2D eigenvalue weighted by Gasteiger charge is -2.14. The van der Waals surface area contributed by atoms with Crippen molar-refractivity contribution in [2.75, 3.05) is 32.6 Å². The van der Waals surface area contributed by atoms with E-state index in [0.717, 1.165) is 54.4 Å². The Hall–Kier alpha value is -1.24. The minimum atomic E-state index is 0.293. The van der Waals surface area contributed by atoms with Crippen molar-refractivity contribution < 1.29 is 9.53 Å². The van der Waals surface area contributed by atoms with Crippen LogP contribution in [0.5, 0.6) is 0 Å². The molecule has 1 aliphatic rings. The molecule has 0 bridgehead atoms. The van der Waals surface area contributed by atoms with Crippen molar-refractivity contribution in [2.24, 2.45) is 0 Å². The summed E-state index contributed by atoms with van der Waals surface area (Å²) in [4.78, 5) is 18.3. The lowest BCUT2D eigenvalue weighted by Crippen LogP contribution is -2.25. The van der Waals surface area contributed by atoms with Crippen LogP contribution in [0.2, 0.25) is 5.02 Å². The summed E-state index contributed by atoms with van der Waals surface area (Å²) in [6.45, 7) is 3.16. The minimum absolute atomic E-state index is 0.293. The van der Waals surface area contributed by atoms with E-state index in [4.69, 9.17) is 21.3 Å². The maximum absolute atomic E-state index is 11.6. The van der Waals surface area contributed by atoms with E-state index in [1.807, 2.05) is 23.1 Å². The Morgan fingerprint density at radius 2 is 2.25 bits per heavy atom. The van der Waals surface area contributed by atoms with Gasteiger partial charge >= 0.3 is 0 Å². The van der Waals surface area contributed by atoms with Crippen LogP contribution in [0.15, 0.2) is 23.4 Å². The van der Waals surface area contributed by atoms with Crippen LogP contribution in [-0.2, 0) is 16.1 Å². The first kappa shape index (κ1) is 17.6. The molecule has 0 atom stereocenters.